The molecule has 4 N–H and O–H groups in total. The first-order chi connectivity index (χ1) is 4.00. The Balaban J connectivity index is 0. The van der Waals surface area contributed by atoms with E-state index in [1.54, 1.807) is 6.92 Å². The molecular formula is C4H13BO4. The largest absolute Gasteiger partial charge is 0.631 e. The summed E-state index contributed by atoms with van der Waals surface area (Å²) in [6.45, 7) is 3.73. The second kappa shape index (κ2) is 7.90. The SMILES string of the molecule is CCC(C)O.OB(O)O. The van der Waals surface area contributed by atoms with E-state index < -0.39 is 7.32 Å². The summed E-state index contributed by atoms with van der Waals surface area (Å²) in [6.07, 6.45) is 0.745. The highest BCUT2D eigenvalue weighted by Crippen LogP contribution is 1.81. The zero-order chi connectivity index (χ0) is 7.86. The Bertz CT molecular complexity index is 45.1. The van der Waals surface area contributed by atoms with E-state index >= 15 is 0 Å². The number of aliphatic hydroxyl groups excluding tert-OH is 1. The van der Waals surface area contributed by atoms with Gasteiger partial charge < -0.3 is 20.2 Å². The van der Waals surface area contributed by atoms with Gasteiger partial charge in [0, 0.05) is 0 Å². The molecule has 0 fully saturated rings. The molecule has 0 aromatic heterocycles. The van der Waals surface area contributed by atoms with Gasteiger partial charge in [-0.25, -0.2) is 0 Å². The van der Waals surface area contributed by atoms with E-state index in [0.717, 1.165) is 6.42 Å². The molecule has 9 heavy (non-hydrogen) atoms. The van der Waals surface area contributed by atoms with E-state index in [0.29, 0.717) is 0 Å². The van der Waals surface area contributed by atoms with Gasteiger partial charge in [-0.3, -0.25) is 0 Å². The number of hydrogen-bond donors (Lipinski definition) is 4. The molecule has 0 aliphatic rings. The van der Waals surface area contributed by atoms with E-state index in [4.69, 9.17) is 20.2 Å². The lowest BCUT2D eigenvalue weighted by Crippen LogP contribution is -2.07. The molecule has 4 nitrogen and oxygen atoms in total. The molecule has 0 radical (unpaired) electrons. The van der Waals surface area contributed by atoms with Crippen LogP contribution in [0.2, 0.25) is 0 Å². The zero-order valence-electron chi connectivity index (χ0n) is 5.65. The maximum absolute atomic E-state index is 8.36. The zero-order valence-corrected chi connectivity index (χ0v) is 5.65. The van der Waals surface area contributed by atoms with Gasteiger partial charge in [0.25, 0.3) is 0 Å². The van der Waals surface area contributed by atoms with Gasteiger partial charge in [-0.2, -0.15) is 0 Å². The average molecular weight is 136 g/mol. The van der Waals surface area contributed by atoms with Crippen LogP contribution >= 0.6 is 0 Å². The summed E-state index contributed by atoms with van der Waals surface area (Å²) in [5.41, 5.74) is 0. The third kappa shape index (κ3) is 76.0. The normalized spacial score (nSPS) is 11.3. The molecule has 0 bridgehead atoms. The predicted octanol–water partition coefficient (Wildman–Crippen LogP) is -1.27. The molecule has 0 rings (SSSR count). The lowest BCUT2D eigenvalue weighted by molar-refractivity contribution is 0.191. The van der Waals surface area contributed by atoms with Crippen LogP contribution in [0, 0.1) is 0 Å². The Morgan fingerprint density at radius 3 is 1.44 bits per heavy atom. The van der Waals surface area contributed by atoms with Crippen LogP contribution in [-0.2, 0) is 0 Å². The summed E-state index contributed by atoms with van der Waals surface area (Å²) in [5, 5.41) is 29.9. The van der Waals surface area contributed by atoms with Crippen LogP contribution < -0.4 is 0 Å². The van der Waals surface area contributed by atoms with Crippen molar-refractivity contribution in [3.8, 4) is 0 Å². The van der Waals surface area contributed by atoms with Crippen molar-refractivity contribution in [2.75, 3.05) is 0 Å². The van der Waals surface area contributed by atoms with Crippen LogP contribution in [0.5, 0.6) is 0 Å². The van der Waals surface area contributed by atoms with E-state index in [9.17, 15) is 0 Å². The smallest absolute Gasteiger partial charge is 0.402 e. The number of hydrogen-bond acceptors (Lipinski definition) is 4. The Kier molecular flexibility index (Phi) is 10.3. The quantitative estimate of drug-likeness (QED) is 0.338. The van der Waals surface area contributed by atoms with Gasteiger partial charge in [-0.05, 0) is 13.3 Å². The monoisotopic (exact) mass is 136 g/mol. The Morgan fingerprint density at radius 1 is 1.33 bits per heavy atom. The number of rotatable bonds is 1. The first-order valence-electron chi connectivity index (χ1n) is 2.73. The van der Waals surface area contributed by atoms with Crippen molar-refractivity contribution in [3.63, 3.8) is 0 Å². The summed E-state index contributed by atoms with van der Waals surface area (Å²) in [6, 6.07) is 0. The maximum Gasteiger partial charge on any atom is 0.631 e. The Hall–Kier alpha value is -0.0951. The molecule has 5 heteroatoms. The summed E-state index contributed by atoms with van der Waals surface area (Å²) in [4.78, 5) is 0. The van der Waals surface area contributed by atoms with Gasteiger partial charge in [0.2, 0.25) is 0 Å². The van der Waals surface area contributed by atoms with Crippen molar-refractivity contribution in [3.05, 3.63) is 0 Å². The molecule has 0 heterocycles. The summed E-state index contributed by atoms with van der Waals surface area (Å²) in [7, 11) is -2.17. The van der Waals surface area contributed by atoms with Crippen molar-refractivity contribution < 1.29 is 20.2 Å². The van der Waals surface area contributed by atoms with Crippen LogP contribution in [0.4, 0.5) is 0 Å². The lowest BCUT2D eigenvalue weighted by Gasteiger charge is -1.90. The fourth-order valence-corrected chi connectivity index (χ4v) is 0. The maximum atomic E-state index is 8.36. The van der Waals surface area contributed by atoms with Crippen molar-refractivity contribution >= 4 is 7.32 Å². The van der Waals surface area contributed by atoms with Gasteiger partial charge in [0.15, 0.2) is 0 Å². The van der Waals surface area contributed by atoms with Crippen molar-refractivity contribution in [2.24, 2.45) is 0 Å². The molecule has 1 atom stereocenters. The van der Waals surface area contributed by atoms with E-state index in [-0.39, 0.29) is 6.10 Å². The van der Waals surface area contributed by atoms with Crippen LogP contribution in [0.1, 0.15) is 20.3 Å². The van der Waals surface area contributed by atoms with Crippen molar-refractivity contribution in [1.82, 2.24) is 0 Å². The lowest BCUT2D eigenvalue weighted by atomic mass is 10.3. The van der Waals surface area contributed by atoms with E-state index in [1.165, 1.54) is 0 Å². The Morgan fingerprint density at radius 2 is 1.44 bits per heavy atom. The third-order valence-corrected chi connectivity index (χ3v) is 0.591. The van der Waals surface area contributed by atoms with Gasteiger partial charge >= 0.3 is 7.32 Å². The predicted molar refractivity (Wildman–Crippen MR) is 34.4 cm³/mol. The summed E-state index contributed by atoms with van der Waals surface area (Å²) >= 11 is 0. The van der Waals surface area contributed by atoms with Gasteiger partial charge in [-0.1, -0.05) is 6.92 Å². The van der Waals surface area contributed by atoms with E-state index in [2.05, 4.69) is 0 Å². The average Bonchev–Trinajstić information content (AvgIpc) is 1.65. The highest BCUT2D eigenvalue weighted by atomic mass is 16.5. The molecule has 0 amide bonds. The fraction of sp³-hybridized carbons (Fsp3) is 1.00. The standard InChI is InChI=1S/C4H10O.BH3O3/c1-3-4(2)5;2-1(3)4/h4-5H,3H2,1-2H3;2-4H. The van der Waals surface area contributed by atoms with Gasteiger partial charge in [0.05, 0.1) is 6.10 Å². The highest BCUT2D eigenvalue weighted by Gasteiger charge is 1.92. The molecule has 0 aromatic rings. The molecule has 0 saturated carbocycles. The van der Waals surface area contributed by atoms with E-state index in [1.807, 2.05) is 6.92 Å². The Labute approximate surface area is 54.9 Å². The fourth-order valence-electron chi connectivity index (χ4n) is 0. The van der Waals surface area contributed by atoms with Gasteiger partial charge in [-0.15, -0.1) is 0 Å². The molecule has 56 valence electrons. The number of aliphatic hydroxyl groups is 1. The molecule has 0 saturated heterocycles. The molecule has 0 spiro atoms. The van der Waals surface area contributed by atoms with Crippen LogP contribution in [0.25, 0.3) is 0 Å². The van der Waals surface area contributed by atoms with Crippen molar-refractivity contribution in [2.45, 2.75) is 26.4 Å². The minimum Gasteiger partial charge on any atom is -0.402 e. The van der Waals surface area contributed by atoms with Crippen LogP contribution in [0.15, 0.2) is 0 Å². The van der Waals surface area contributed by atoms with Crippen molar-refractivity contribution in [1.29, 1.82) is 0 Å². The van der Waals surface area contributed by atoms with Crippen LogP contribution in [0.3, 0.4) is 0 Å². The minimum atomic E-state index is -2.17. The van der Waals surface area contributed by atoms with Crippen LogP contribution in [-0.4, -0.2) is 33.6 Å². The minimum absolute atomic E-state index is 0.116. The first-order valence-corrected chi connectivity index (χ1v) is 2.73. The molecular weight excluding hydrogens is 123 g/mol. The second-order valence-corrected chi connectivity index (χ2v) is 1.60. The third-order valence-electron chi connectivity index (χ3n) is 0.591. The highest BCUT2D eigenvalue weighted by molar-refractivity contribution is 6.30. The molecule has 0 aromatic carbocycles. The topological polar surface area (TPSA) is 80.9 Å². The van der Waals surface area contributed by atoms with Gasteiger partial charge in [0.1, 0.15) is 0 Å². The molecule has 0 aliphatic carbocycles. The first kappa shape index (κ1) is 11.7. The second-order valence-electron chi connectivity index (χ2n) is 1.60. The summed E-state index contributed by atoms with van der Waals surface area (Å²) < 4.78 is 0. The molecule has 0 aliphatic heterocycles. The molecule has 1 unspecified atom stereocenters. The summed E-state index contributed by atoms with van der Waals surface area (Å²) in [5.74, 6) is 0.